The standard InChI is InChI=1S/C9H12N2OS/c12-9-7(2-1-3-10-9)4-8-5-13-6-11-8/h5-7H,1-4H2,(H,10,12). The van der Waals surface area contributed by atoms with E-state index >= 15 is 0 Å². The van der Waals surface area contributed by atoms with Crippen molar-refractivity contribution < 1.29 is 4.79 Å². The predicted molar refractivity (Wildman–Crippen MR) is 51.6 cm³/mol. The molecule has 70 valence electrons. The summed E-state index contributed by atoms with van der Waals surface area (Å²) in [6.07, 6.45) is 2.90. The van der Waals surface area contributed by atoms with Crippen LogP contribution in [0, 0.1) is 5.92 Å². The summed E-state index contributed by atoms with van der Waals surface area (Å²) in [7, 11) is 0. The van der Waals surface area contributed by atoms with Crippen molar-refractivity contribution in [1.29, 1.82) is 0 Å². The number of amides is 1. The highest BCUT2D eigenvalue weighted by Crippen LogP contribution is 2.17. The van der Waals surface area contributed by atoms with Crippen LogP contribution >= 0.6 is 11.3 Å². The summed E-state index contributed by atoms with van der Waals surface area (Å²) in [5.74, 6) is 0.343. The molecular weight excluding hydrogens is 184 g/mol. The van der Waals surface area contributed by atoms with Crippen molar-refractivity contribution in [2.24, 2.45) is 5.92 Å². The maximum atomic E-state index is 11.4. The first-order valence-electron chi connectivity index (χ1n) is 4.51. The van der Waals surface area contributed by atoms with Gasteiger partial charge < -0.3 is 5.32 Å². The van der Waals surface area contributed by atoms with Crippen LogP contribution in [0.25, 0.3) is 0 Å². The average Bonchev–Trinajstić information content (AvgIpc) is 2.61. The van der Waals surface area contributed by atoms with Gasteiger partial charge in [-0.3, -0.25) is 4.79 Å². The maximum Gasteiger partial charge on any atom is 0.223 e. The van der Waals surface area contributed by atoms with Crippen LogP contribution in [0.1, 0.15) is 18.5 Å². The highest BCUT2D eigenvalue weighted by molar-refractivity contribution is 7.07. The smallest absolute Gasteiger partial charge is 0.223 e. The lowest BCUT2D eigenvalue weighted by Crippen LogP contribution is -2.37. The molecule has 1 N–H and O–H groups in total. The zero-order valence-corrected chi connectivity index (χ0v) is 8.14. The molecule has 1 aliphatic heterocycles. The summed E-state index contributed by atoms with van der Waals surface area (Å²) in [4.78, 5) is 15.6. The molecule has 0 spiro atoms. The van der Waals surface area contributed by atoms with Gasteiger partial charge in [0.1, 0.15) is 0 Å². The number of thiazole rings is 1. The van der Waals surface area contributed by atoms with E-state index in [0.717, 1.165) is 31.5 Å². The summed E-state index contributed by atoms with van der Waals surface area (Å²) >= 11 is 1.59. The van der Waals surface area contributed by atoms with Crippen LogP contribution in [0.4, 0.5) is 0 Å². The van der Waals surface area contributed by atoms with Crippen LogP contribution in [0.2, 0.25) is 0 Å². The average molecular weight is 196 g/mol. The molecule has 1 aliphatic rings. The number of nitrogens with zero attached hydrogens (tertiary/aromatic N) is 1. The molecule has 0 aliphatic carbocycles. The minimum absolute atomic E-state index is 0.149. The normalized spacial score (nSPS) is 22.8. The van der Waals surface area contributed by atoms with Crippen LogP contribution in [0.5, 0.6) is 0 Å². The van der Waals surface area contributed by atoms with E-state index < -0.39 is 0 Å². The molecule has 0 saturated carbocycles. The molecule has 1 unspecified atom stereocenters. The van der Waals surface area contributed by atoms with E-state index in [4.69, 9.17) is 0 Å². The third-order valence-electron chi connectivity index (χ3n) is 2.34. The molecule has 13 heavy (non-hydrogen) atoms. The van der Waals surface area contributed by atoms with Gasteiger partial charge in [-0.2, -0.15) is 0 Å². The molecule has 0 aromatic carbocycles. The number of rotatable bonds is 2. The second kappa shape index (κ2) is 3.87. The van der Waals surface area contributed by atoms with E-state index in [1.54, 1.807) is 11.3 Å². The lowest BCUT2D eigenvalue weighted by molar-refractivity contribution is -0.126. The second-order valence-electron chi connectivity index (χ2n) is 3.31. The van der Waals surface area contributed by atoms with E-state index in [9.17, 15) is 4.79 Å². The van der Waals surface area contributed by atoms with Crippen LogP contribution in [0.3, 0.4) is 0 Å². The summed E-state index contributed by atoms with van der Waals surface area (Å²) in [6, 6.07) is 0. The molecule has 0 radical (unpaired) electrons. The fourth-order valence-corrected chi connectivity index (χ4v) is 2.19. The van der Waals surface area contributed by atoms with Crippen LogP contribution in [0.15, 0.2) is 10.9 Å². The Morgan fingerprint density at radius 1 is 1.69 bits per heavy atom. The Morgan fingerprint density at radius 2 is 2.62 bits per heavy atom. The van der Waals surface area contributed by atoms with Crippen LogP contribution in [-0.4, -0.2) is 17.4 Å². The molecule has 1 aromatic heterocycles. The van der Waals surface area contributed by atoms with E-state index in [1.807, 2.05) is 10.9 Å². The first-order valence-corrected chi connectivity index (χ1v) is 5.45. The molecule has 1 fully saturated rings. The van der Waals surface area contributed by atoms with E-state index in [0.29, 0.717) is 0 Å². The molecule has 0 bridgehead atoms. The van der Waals surface area contributed by atoms with Crippen LogP contribution < -0.4 is 5.32 Å². The third-order valence-corrected chi connectivity index (χ3v) is 2.97. The molecule has 1 amide bonds. The lowest BCUT2D eigenvalue weighted by Gasteiger charge is -2.20. The molecule has 1 saturated heterocycles. The summed E-state index contributed by atoms with van der Waals surface area (Å²) in [6.45, 7) is 0.840. The quantitative estimate of drug-likeness (QED) is 0.772. The van der Waals surface area contributed by atoms with Gasteiger partial charge >= 0.3 is 0 Å². The SMILES string of the molecule is O=C1NCCCC1Cc1cscn1. The van der Waals surface area contributed by atoms with Gasteiger partial charge in [0.2, 0.25) is 5.91 Å². The zero-order valence-electron chi connectivity index (χ0n) is 7.32. The molecule has 1 atom stereocenters. The molecular formula is C9H12N2OS. The first-order chi connectivity index (χ1) is 6.36. The number of carbonyl (C=O) groups is 1. The van der Waals surface area contributed by atoms with E-state index in [2.05, 4.69) is 10.3 Å². The van der Waals surface area contributed by atoms with Crippen molar-refractivity contribution in [2.45, 2.75) is 19.3 Å². The van der Waals surface area contributed by atoms with Gasteiger partial charge in [0.25, 0.3) is 0 Å². The van der Waals surface area contributed by atoms with Crippen molar-refractivity contribution in [3.8, 4) is 0 Å². The molecule has 1 aromatic rings. The zero-order chi connectivity index (χ0) is 9.10. The minimum Gasteiger partial charge on any atom is -0.356 e. The Kier molecular flexibility index (Phi) is 2.59. The monoisotopic (exact) mass is 196 g/mol. The van der Waals surface area contributed by atoms with Gasteiger partial charge in [-0.25, -0.2) is 4.98 Å². The summed E-state index contributed by atoms with van der Waals surface area (Å²) in [5, 5.41) is 4.90. The largest absolute Gasteiger partial charge is 0.356 e. The van der Waals surface area contributed by atoms with Gasteiger partial charge in [0.15, 0.2) is 0 Å². The fraction of sp³-hybridized carbons (Fsp3) is 0.556. The highest BCUT2D eigenvalue weighted by atomic mass is 32.1. The van der Waals surface area contributed by atoms with Gasteiger partial charge in [-0.05, 0) is 12.8 Å². The molecule has 2 rings (SSSR count). The Labute approximate surface area is 81.2 Å². The Balaban J connectivity index is 1.97. The Hall–Kier alpha value is -0.900. The van der Waals surface area contributed by atoms with Gasteiger partial charge in [-0.15, -0.1) is 11.3 Å². The fourth-order valence-electron chi connectivity index (χ4n) is 1.62. The van der Waals surface area contributed by atoms with Crippen molar-refractivity contribution in [2.75, 3.05) is 6.54 Å². The number of piperidine rings is 1. The summed E-state index contributed by atoms with van der Waals surface area (Å²) < 4.78 is 0. The van der Waals surface area contributed by atoms with Gasteiger partial charge in [0, 0.05) is 24.3 Å². The second-order valence-corrected chi connectivity index (χ2v) is 4.03. The van der Waals surface area contributed by atoms with E-state index in [-0.39, 0.29) is 11.8 Å². The van der Waals surface area contributed by atoms with Crippen molar-refractivity contribution in [3.63, 3.8) is 0 Å². The minimum atomic E-state index is 0.149. The number of hydrogen-bond acceptors (Lipinski definition) is 3. The van der Waals surface area contributed by atoms with Gasteiger partial charge in [-0.1, -0.05) is 0 Å². The number of carbonyl (C=O) groups excluding carboxylic acids is 1. The number of nitrogens with one attached hydrogen (secondary N) is 1. The third kappa shape index (κ3) is 2.06. The molecule has 4 heteroatoms. The highest BCUT2D eigenvalue weighted by Gasteiger charge is 2.22. The van der Waals surface area contributed by atoms with Crippen molar-refractivity contribution in [1.82, 2.24) is 10.3 Å². The van der Waals surface area contributed by atoms with Crippen LogP contribution in [-0.2, 0) is 11.2 Å². The van der Waals surface area contributed by atoms with Gasteiger partial charge in [0.05, 0.1) is 11.2 Å². The van der Waals surface area contributed by atoms with E-state index in [1.165, 1.54) is 0 Å². The predicted octanol–water partition coefficient (Wildman–Crippen LogP) is 1.21. The molecule has 2 heterocycles. The topological polar surface area (TPSA) is 42.0 Å². The maximum absolute atomic E-state index is 11.4. The van der Waals surface area contributed by atoms with Crippen molar-refractivity contribution >= 4 is 17.2 Å². The summed E-state index contributed by atoms with van der Waals surface area (Å²) in [5.41, 5.74) is 2.86. The number of hydrogen-bond donors (Lipinski definition) is 1. The Morgan fingerprint density at radius 3 is 3.31 bits per heavy atom. The number of aromatic nitrogens is 1. The van der Waals surface area contributed by atoms with Crippen molar-refractivity contribution in [3.05, 3.63) is 16.6 Å². The molecule has 3 nitrogen and oxygen atoms in total. The lowest BCUT2D eigenvalue weighted by atomic mass is 9.94. The first kappa shape index (κ1) is 8.69. The Bertz CT molecular complexity index is 284.